The van der Waals surface area contributed by atoms with Crippen LogP contribution >= 0.6 is 11.6 Å². The van der Waals surface area contributed by atoms with Crippen LogP contribution in [-0.4, -0.2) is 35.9 Å². The predicted octanol–water partition coefficient (Wildman–Crippen LogP) is 5.06. The van der Waals surface area contributed by atoms with Crippen LogP contribution in [0.25, 0.3) is 0 Å². The summed E-state index contributed by atoms with van der Waals surface area (Å²) in [7, 11) is 0. The number of halogens is 1. The standard InChI is InChI=1S/C28H31ClN2O3/c1-3-21-14-16-24(17-15-21)34-20-27(32)31(19-23-12-8-9-13-25(23)29)26(28(33)30-4-2)18-22-10-6-5-7-11-22/h5-17,26H,3-4,18-20H2,1-2H3,(H,30,33)/t26-/m1/s1. The van der Waals surface area contributed by atoms with Crippen LogP contribution in [0.5, 0.6) is 5.75 Å². The summed E-state index contributed by atoms with van der Waals surface area (Å²) in [6.45, 7) is 4.44. The second kappa shape index (κ2) is 12.8. The van der Waals surface area contributed by atoms with E-state index in [1.165, 1.54) is 5.56 Å². The fraction of sp³-hybridized carbons (Fsp3) is 0.286. The van der Waals surface area contributed by atoms with Crippen molar-refractivity contribution >= 4 is 23.4 Å². The Morgan fingerprint density at radius 3 is 2.24 bits per heavy atom. The Kier molecular flexibility index (Phi) is 9.53. The van der Waals surface area contributed by atoms with Gasteiger partial charge in [-0.3, -0.25) is 9.59 Å². The first-order valence-electron chi connectivity index (χ1n) is 11.6. The van der Waals surface area contributed by atoms with Crippen LogP contribution < -0.4 is 10.1 Å². The van der Waals surface area contributed by atoms with Gasteiger partial charge >= 0.3 is 0 Å². The van der Waals surface area contributed by atoms with Gasteiger partial charge in [0.15, 0.2) is 6.61 Å². The van der Waals surface area contributed by atoms with Crippen molar-refractivity contribution in [3.63, 3.8) is 0 Å². The van der Waals surface area contributed by atoms with E-state index in [0.717, 1.165) is 17.5 Å². The lowest BCUT2D eigenvalue weighted by molar-refractivity contribution is -0.142. The van der Waals surface area contributed by atoms with Crippen LogP contribution in [0.3, 0.4) is 0 Å². The SMILES string of the molecule is CCNC(=O)[C@@H](Cc1ccccc1)N(Cc1ccccc1Cl)C(=O)COc1ccc(CC)cc1. The van der Waals surface area contributed by atoms with E-state index >= 15 is 0 Å². The summed E-state index contributed by atoms with van der Waals surface area (Å²) in [5, 5.41) is 3.43. The number of nitrogens with one attached hydrogen (secondary N) is 1. The fourth-order valence-electron chi connectivity index (χ4n) is 3.71. The Hall–Kier alpha value is -3.31. The number of ether oxygens (including phenoxy) is 1. The molecular weight excluding hydrogens is 448 g/mol. The molecule has 0 heterocycles. The number of aryl methyl sites for hydroxylation is 1. The maximum Gasteiger partial charge on any atom is 0.261 e. The molecule has 0 unspecified atom stereocenters. The third-order valence-corrected chi connectivity index (χ3v) is 5.98. The molecule has 5 nitrogen and oxygen atoms in total. The minimum Gasteiger partial charge on any atom is -0.484 e. The highest BCUT2D eigenvalue weighted by atomic mass is 35.5. The normalized spacial score (nSPS) is 11.5. The highest BCUT2D eigenvalue weighted by Gasteiger charge is 2.30. The predicted molar refractivity (Wildman–Crippen MR) is 136 cm³/mol. The van der Waals surface area contributed by atoms with Crippen LogP contribution in [0.2, 0.25) is 5.02 Å². The molecule has 0 fully saturated rings. The highest BCUT2D eigenvalue weighted by Crippen LogP contribution is 2.21. The van der Waals surface area contributed by atoms with E-state index in [9.17, 15) is 9.59 Å². The van der Waals surface area contributed by atoms with Gasteiger partial charge < -0.3 is 15.0 Å². The Morgan fingerprint density at radius 2 is 1.59 bits per heavy atom. The molecule has 0 aromatic heterocycles. The van der Waals surface area contributed by atoms with Crippen LogP contribution in [0.1, 0.15) is 30.5 Å². The number of carbonyl (C=O) groups excluding carboxylic acids is 2. The summed E-state index contributed by atoms with van der Waals surface area (Å²) in [4.78, 5) is 28.2. The summed E-state index contributed by atoms with van der Waals surface area (Å²) in [5.74, 6) is 0.117. The highest BCUT2D eigenvalue weighted by molar-refractivity contribution is 6.31. The number of hydrogen-bond acceptors (Lipinski definition) is 3. The van der Waals surface area contributed by atoms with Gasteiger partial charge in [-0.15, -0.1) is 0 Å². The molecule has 0 aliphatic heterocycles. The first-order chi connectivity index (χ1) is 16.5. The molecule has 0 radical (unpaired) electrons. The summed E-state index contributed by atoms with van der Waals surface area (Å²) >= 11 is 6.41. The lowest BCUT2D eigenvalue weighted by Crippen LogP contribution is -2.51. The molecule has 3 aromatic carbocycles. The monoisotopic (exact) mass is 478 g/mol. The first-order valence-corrected chi connectivity index (χ1v) is 12.0. The van der Waals surface area contributed by atoms with Crippen molar-refractivity contribution in [3.8, 4) is 5.75 Å². The number of benzene rings is 3. The van der Waals surface area contributed by atoms with Gasteiger partial charge in [-0.2, -0.15) is 0 Å². The van der Waals surface area contributed by atoms with E-state index in [4.69, 9.17) is 16.3 Å². The number of hydrogen-bond donors (Lipinski definition) is 1. The first kappa shape index (κ1) is 25.3. The van der Waals surface area contributed by atoms with Crippen molar-refractivity contribution in [1.29, 1.82) is 0 Å². The van der Waals surface area contributed by atoms with Gasteiger partial charge in [0, 0.05) is 24.5 Å². The Morgan fingerprint density at radius 1 is 0.912 bits per heavy atom. The second-order valence-electron chi connectivity index (χ2n) is 8.00. The molecule has 0 bridgehead atoms. The zero-order valence-electron chi connectivity index (χ0n) is 19.7. The lowest BCUT2D eigenvalue weighted by atomic mass is 10.0. The van der Waals surface area contributed by atoms with Crippen LogP contribution in [-0.2, 0) is 29.0 Å². The summed E-state index contributed by atoms with van der Waals surface area (Å²) in [5.41, 5.74) is 2.93. The van der Waals surface area contributed by atoms with Gasteiger partial charge in [0.2, 0.25) is 5.91 Å². The molecule has 3 aromatic rings. The zero-order valence-corrected chi connectivity index (χ0v) is 20.4. The summed E-state index contributed by atoms with van der Waals surface area (Å²) < 4.78 is 5.80. The molecule has 2 amide bonds. The molecule has 0 saturated carbocycles. The largest absolute Gasteiger partial charge is 0.484 e. The summed E-state index contributed by atoms with van der Waals surface area (Å²) in [6.07, 6.45) is 1.31. The molecule has 0 saturated heterocycles. The number of amides is 2. The molecule has 34 heavy (non-hydrogen) atoms. The van der Waals surface area contributed by atoms with E-state index in [0.29, 0.717) is 23.7 Å². The zero-order chi connectivity index (χ0) is 24.3. The van der Waals surface area contributed by atoms with Crippen molar-refractivity contribution in [3.05, 3.63) is 101 Å². The molecule has 6 heteroatoms. The van der Waals surface area contributed by atoms with Crippen molar-refractivity contribution in [1.82, 2.24) is 10.2 Å². The van der Waals surface area contributed by atoms with Crippen molar-refractivity contribution < 1.29 is 14.3 Å². The Bertz CT molecular complexity index is 1070. The van der Waals surface area contributed by atoms with Crippen molar-refractivity contribution in [2.45, 2.75) is 39.3 Å². The minimum absolute atomic E-state index is 0.180. The third kappa shape index (κ3) is 7.09. The van der Waals surface area contributed by atoms with Crippen LogP contribution in [0, 0.1) is 0 Å². The van der Waals surface area contributed by atoms with Gasteiger partial charge in [0.05, 0.1) is 0 Å². The maximum absolute atomic E-state index is 13.5. The van der Waals surface area contributed by atoms with E-state index < -0.39 is 6.04 Å². The average molecular weight is 479 g/mol. The van der Waals surface area contributed by atoms with E-state index in [2.05, 4.69) is 12.2 Å². The fourth-order valence-corrected chi connectivity index (χ4v) is 3.90. The van der Waals surface area contributed by atoms with Gasteiger partial charge in [0.1, 0.15) is 11.8 Å². The van der Waals surface area contributed by atoms with Crippen LogP contribution in [0.15, 0.2) is 78.9 Å². The molecule has 1 atom stereocenters. The van der Waals surface area contributed by atoms with E-state index in [-0.39, 0.29) is 25.0 Å². The molecule has 0 aliphatic carbocycles. The van der Waals surface area contributed by atoms with Crippen LogP contribution in [0.4, 0.5) is 0 Å². The van der Waals surface area contributed by atoms with Gasteiger partial charge in [0.25, 0.3) is 5.91 Å². The Labute approximate surface area is 206 Å². The molecular formula is C28H31ClN2O3. The Balaban J connectivity index is 1.87. The minimum atomic E-state index is -0.711. The third-order valence-electron chi connectivity index (χ3n) is 5.61. The van der Waals surface area contributed by atoms with Gasteiger partial charge in [-0.1, -0.05) is 79.2 Å². The smallest absolute Gasteiger partial charge is 0.261 e. The molecule has 3 rings (SSSR count). The lowest BCUT2D eigenvalue weighted by Gasteiger charge is -2.31. The maximum atomic E-state index is 13.5. The molecule has 0 aliphatic rings. The molecule has 1 N–H and O–H groups in total. The number of rotatable bonds is 11. The van der Waals surface area contributed by atoms with E-state index in [1.807, 2.05) is 79.7 Å². The van der Waals surface area contributed by atoms with Crippen molar-refractivity contribution in [2.24, 2.45) is 0 Å². The van der Waals surface area contributed by atoms with E-state index in [1.54, 1.807) is 11.0 Å². The van der Waals surface area contributed by atoms with Gasteiger partial charge in [-0.25, -0.2) is 0 Å². The van der Waals surface area contributed by atoms with Gasteiger partial charge in [-0.05, 0) is 48.2 Å². The topological polar surface area (TPSA) is 58.6 Å². The number of carbonyl (C=O) groups is 2. The quantitative estimate of drug-likeness (QED) is 0.419. The number of nitrogens with zero attached hydrogens (tertiary/aromatic N) is 1. The summed E-state index contributed by atoms with van der Waals surface area (Å²) in [6, 6.07) is 24.0. The average Bonchev–Trinajstić information content (AvgIpc) is 2.86. The second-order valence-corrected chi connectivity index (χ2v) is 8.41. The molecule has 178 valence electrons. The van der Waals surface area contributed by atoms with Crippen molar-refractivity contribution in [2.75, 3.05) is 13.2 Å². The number of likely N-dealkylation sites (N-methyl/N-ethyl adjacent to an activating group) is 1. The molecule has 0 spiro atoms.